The molecule has 0 bridgehead atoms. The van der Waals surface area contributed by atoms with Crippen LogP contribution in [0.1, 0.15) is 38.2 Å². The predicted molar refractivity (Wildman–Crippen MR) is 74.0 cm³/mol. The minimum atomic E-state index is -3.48. The van der Waals surface area contributed by atoms with E-state index in [1.54, 1.807) is 16.4 Å². The molecule has 1 aliphatic heterocycles. The van der Waals surface area contributed by atoms with Gasteiger partial charge < -0.3 is 5.73 Å². The molecule has 0 saturated carbocycles. The zero-order chi connectivity index (χ0) is 13.9. The summed E-state index contributed by atoms with van der Waals surface area (Å²) in [6.07, 6.45) is 5.56. The lowest BCUT2D eigenvalue weighted by Gasteiger charge is -2.25. The van der Waals surface area contributed by atoms with Crippen molar-refractivity contribution in [1.82, 2.24) is 9.29 Å². The highest BCUT2D eigenvalue weighted by molar-refractivity contribution is 7.89. The second-order valence-corrected chi connectivity index (χ2v) is 6.86. The maximum atomic E-state index is 12.6. The first-order valence-electron chi connectivity index (χ1n) is 6.72. The van der Waals surface area contributed by atoms with Crippen LogP contribution < -0.4 is 5.73 Å². The van der Waals surface area contributed by atoms with Crippen molar-refractivity contribution >= 4 is 10.0 Å². The van der Waals surface area contributed by atoms with Gasteiger partial charge in [-0.05, 0) is 31.4 Å². The molecule has 1 aromatic heterocycles. The van der Waals surface area contributed by atoms with E-state index in [-0.39, 0.29) is 11.1 Å². The highest BCUT2D eigenvalue weighted by Crippen LogP contribution is 2.23. The third kappa shape index (κ3) is 3.13. The molecule has 19 heavy (non-hydrogen) atoms. The third-order valence-corrected chi connectivity index (χ3v) is 5.53. The fourth-order valence-corrected chi connectivity index (χ4v) is 4.02. The summed E-state index contributed by atoms with van der Waals surface area (Å²) in [5, 5.41) is 0.124. The second-order valence-electron chi connectivity index (χ2n) is 5.02. The molecule has 1 unspecified atom stereocenters. The van der Waals surface area contributed by atoms with E-state index in [0.29, 0.717) is 13.1 Å². The highest BCUT2D eigenvalue weighted by atomic mass is 32.2. The van der Waals surface area contributed by atoms with E-state index < -0.39 is 10.0 Å². The molecular formula is C13H21N3O2S. The number of sulfonamides is 1. The van der Waals surface area contributed by atoms with Gasteiger partial charge in [0.05, 0.1) is 0 Å². The van der Waals surface area contributed by atoms with E-state index in [1.165, 1.54) is 6.20 Å². The van der Waals surface area contributed by atoms with E-state index >= 15 is 0 Å². The summed E-state index contributed by atoms with van der Waals surface area (Å²) in [5.41, 5.74) is 6.33. The van der Waals surface area contributed by atoms with Crippen molar-refractivity contribution in [3.8, 4) is 0 Å². The molecule has 1 aliphatic rings. The van der Waals surface area contributed by atoms with Crippen molar-refractivity contribution in [2.75, 3.05) is 6.54 Å². The summed E-state index contributed by atoms with van der Waals surface area (Å²) in [4.78, 5) is 4.05. The van der Waals surface area contributed by atoms with Crippen LogP contribution in [-0.2, 0) is 16.6 Å². The van der Waals surface area contributed by atoms with Crippen LogP contribution in [0.2, 0.25) is 0 Å². The normalized spacial score (nSPS) is 22.1. The van der Waals surface area contributed by atoms with Crippen LogP contribution in [0.4, 0.5) is 0 Å². The van der Waals surface area contributed by atoms with Gasteiger partial charge >= 0.3 is 0 Å². The number of hydrogen-bond donors (Lipinski definition) is 1. The molecule has 106 valence electrons. The lowest BCUT2D eigenvalue weighted by molar-refractivity contribution is 0.341. The summed E-state index contributed by atoms with van der Waals surface area (Å²) >= 11 is 0. The molecule has 0 radical (unpaired) electrons. The van der Waals surface area contributed by atoms with E-state index in [0.717, 1.165) is 31.2 Å². The average molecular weight is 283 g/mol. The predicted octanol–water partition coefficient (Wildman–Crippen LogP) is 1.49. The lowest BCUT2D eigenvalue weighted by atomic mass is 10.1. The Kier molecular flexibility index (Phi) is 4.54. The number of pyridine rings is 1. The number of hydrogen-bond acceptors (Lipinski definition) is 4. The SMILES string of the molecule is CC1CCCCCN1S(=O)(=O)c1ccc(CN)cn1. The van der Waals surface area contributed by atoms with Gasteiger partial charge in [0, 0.05) is 25.3 Å². The van der Waals surface area contributed by atoms with Crippen molar-refractivity contribution < 1.29 is 8.42 Å². The number of aromatic nitrogens is 1. The fraction of sp³-hybridized carbons (Fsp3) is 0.615. The molecule has 0 spiro atoms. The molecule has 2 rings (SSSR count). The quantitative estimate of drug-likeness (QED) is 0.912. The van der Waals surface area contributed by atoms with Crippen molar-refractivity contribution in [2.24, 2.45) is 5.73 Å². The van der Waals surface area contributed by atoms with Crippen molar-refractivity contribution in [3.05, 3.63) is 23.9 Å². The summed E-state index contributed by atoms with van der Waals surface area (Å²) in [7, 11) is -3.48. The fourth-order valence-electron chi connectivity index (χ4n) is 2.41. The zero-order valence-electron chi connectivity index (χ0n) is 11.2. The smallest absolute Gasteiger partial charge is 0.260 e. The maximum absolute atomic E-state index is 12.6. The van der Waals surface area contributed by atoms with Gasteiger partial charge in [-0.1, -0.05) is 18.9 Å². The van der Waals surface area contributed by atoms with Gasteiger partial charge in [-0.25, -0.2) is 13.4 Å². The van der Waals surface area contributed by atoms with Crippen LogP contribution in [-0.4, -0.2) is 30.3 Å². The Bertz CT molecular complexity index is 513. The Hall–Kier alpha value is -0.980. The Labute approximate surface area is 114 Å². The minimum Gasteiger partial charge on any atom is -0.326 e. The molecule has 1 aromatic rings. The summed E-state index contributed by atoms with van der Waals surface area (Å²) in [6.45, 7) is 2.92. The Morgan fingerprint density at radius 2 is 2.16 bits per heavy atom. The molecule has 0 aliphatic carbocycles. The summed E-state index contributed by atoms with van der Waals surface area (Å²) < 4.78 is 26.8. The molecule has 0 aromatic carbocycles. The zero-order valence-corrected chi connectivity index (χ0v) is 12.1. The molecule has 0 amide bonds. The van der Waals surface area contributed by atoms with Crippen LogP contribution in [0.15, 0.2) is 23.4 Å². The summed E-state index contributed by atoms with van der Waals surface area (Å²) in [6, 6.07) is 3.32. The molecule has 1 saturated heterocycles. The molecule has 5 nitrogen and oxygen atoms in total. The maximum Gasteiger partial charge on any atom is 0.260 e. The van der Waals surface area contributed by atoms with Gasteiger partial charge in [0.2, 0.25) is 0 Å². The monoisotopic (exact) mass is 283 g/mol. The van der Waals surface area contributed by atoms with Gasteiger partial charge in [0.15, 0.2) is 5.03 Å². The van der Waals surface area contributed by atoms with E-state index in [1.807, 2.05) is 6.92 Å². The van der Waals surface area contributed by atoms with Gasteiger partial charge in [0.1, 0.15) is 0 Å². The van der Waals surface area contributed by atoms with Crippen molar-refractivity contribution in [2.45, 2.75) is 50.2 Å². The van der Waals surface area contributed by atoms with E-state index in [4.69, 9.17) is 5.73 Å². The van der Waals surface area contributed by atoms with Gasteiger partial charge in [-0.15, -0.1) is 0 Å². The van der Waals surface area contributed by atoms with Crippen molar-refractivity contribution in [1.29, 1.82) is 0 Å². The van der Waals surface area contributed by atoms with E-state index in [9.17, 15) is 8.42 Å². The Morgan fingerprint density at radius 1 is 1.37 bits per heavy atom. The first-order valence-corrected chi connectivity index (χ1v) is 8.16. The lowest BCUT2D eigenvalue weighted by Crippen LogP contribution is -2.38. The van der Waals surface area contributed by atoms with Crippen LogP contribution in [0.25, 0.3) is 0 Å². The third-order valence-electron chi connectivity index (χ3n) is 3.60. The first kappa shape index (κ1) is 14.4. The molecule has 6 heteroatoms. The average Bonchev–Trinajstić information content (AvgIpc) is 2.64. The van der Waals surface area contributed by atoms with Gasteiger partial charge in [0.25, 0.3) is 10.0 Å². The number of nitrogens with zero attached hydrogens (tertiary/aromatic N) is 2. The van der Waals surface area contributed by atoms with Crippen LogP contribution in [0.5, 0.6) is 0 Å². The number of nitrogens with two attached hydrogens (primary N) is 1. The van der Waals surface area contributed by atoms with Gasteiger partial charge in [-0.3, -0.25) is 0 Å². The molecule has 1 atom stereocenters. The summed E-state index contributed by atoms with van der Waals surface area (Å²) in [5.74, 6) is 0. The largest absolute Gasteiger partial charge is 0.326 e. The standard InChI is InChI=1S/C13H21N3O2S/c1-11-5-3-2-4-8-16(11)19(17,18)13-7-6-12(9-14)10-15-13/h6-7,10-11H,2-5,8-9,14H2,1H3. The molecule has 2 heterocycles. The van der Waals surface area contributed by atoms with E-state index in [2.05, 4.69) is 4.98 Å². The van der Waals surface area contributed by atoms with Crippen LogP contribution >= 0.6 is 0 Å². The molecule has 1 fully saturated rings. The minimum absolute atomic E-state index is 0.0449. The topological polar surface area (TPSA) is 76.3 Å². The van der Waals surface area contributed by atoms with Gasteiger partial charge in [-0.2, -0.15) is 4.31 Å². The Morgan fingerprint density at radius 3 is 2.79 bits per heavy atom. The Balaban J connectivity index is 2.29. The van der Waals surface area contributed by atoms with Crippen LogP contribution in [0, 0.1) is 0 Å². The second kappa shape index (κ2) is 5.98. The highest BCUT2D eigenvalue weighted by Gasteiger charge is 2.30. The van der Waals surface area contributed by atoms with Crippen LogP contribution in [0.3, 0.4) is 0 Å². The molecule has 2 N–H and O–H groups in total. The number of rotatable bonds is 3. The van der Waals surface area contributed by atoms with Crippen molar-refractivity contribution in [3.63, 3.8) is 0 Å². The molecular weight excluding hydrogens is 262 g/mol. The first-order chi connectivity index (χ1) is 9.05.